The Kier molecular flexibility index (Phi) is 2.59. The van der Waals surface area contributed by atoms with E-state index in [4.69, 9.17) is 0 Å². The standard InChI is InChI=1S/C11H12FNO2S/c1-13(2)7-9-6-8-4-3-5-10(12)11(8)16(9,14)15/h3-6H,7H2,1-2H3. The largest absolute Gasteiger partial charge is 0.304 e. The number of nitrogens with zero attached hydrogens (tertiary/aromatic N) is 1. The van der Waals surface area contributed by atoms with Crippen LogP contribution in [0.4, 0.5) is 4.39 Å². The molecule has 0 bridgehead atoms. The van der Waals surface area contributed by atoms with Crippen LogP contribution in [0.25, 0.3) is 6.08 Å². The van der Waals surface area contributed by atoms with Crippen molar-refractivity contribution in [2.24, 2.45) is 0 Å². The van der Waals surface area contributed by atoms with Gasteiger partial charge in [-0.3, -0.25) is 0 Å². The minimum Gasteiger partial charge on any atom is -0.304 e. The molecule has 0 saturated carbocycles. The van der Waals surface area contributed by atoms with E-state index in [9.17, 15) is 12.8 Å². The van der Waals surface area contributed by atoms with Gasteiger partial charge in [0.05, 0.1) is 4.91 Å². The van der Waals surface area contributed by atoms with Crippen molar-refractivity contribution in [3.8, 4) is 0 Å². The van der Waals surface area contributed by atoms with Crippen LogP contribution in [0.1, 0.15) is 5.56 Å². The highest BCUT2D eigenvalue weighted by molar-refractivity contribution is 7.95. The second kappa shape index (κ2) is 3.68. The Hall–Kier alpha value is -1.20. The number of likely N-dealkylation sites (N-methyl/N-ethyl adjacent to an activating group) is 1. The number of hydrogen-bond acceptors (Lipinski definition) is 3. The lowest BCUT2D eigenvalue weighted by Gasteiger charge is -2.10. The molecule has 0 fully saturated rings. The maximum atomic E-state index is 13.5. The maximum absolute atomic E-state index is 13.5. The summed E-state index contributed by atoms with van der Waals surface area (Å²) in [6.07, 6.45) is 1.54. The zero-order valence-corrected chi connectivity index (χ0v) is 9.88. The van der Waals surface area contributed by atoms with Crippen molar-refractivity contribution in [1.82, 2.24) is 4.90 Å². The summed E-state index contributed by atoms with van der Waals surface area (Å²) >= 11 is 0. The van der Waals surface area contributed by atoms with Crippen molar-refractivity contribution < 1.29 is 12.8 Å². The molecule has 0 aromatic heterocycles. The lowest BCUT2D eigenvalue weighted by molar-refractivity contribution is 0.451. The Morgan fingerprint density at radius 2 is 2.00 bits per heavy atom. The Morgan fingerprint density at radius 1 is 1.31 bits per heavy atom. The van der Waals surface area contributed by atoms with Crippen molar-refractivity contribution in [3.63, 3.8) is 0 Å². The fourth-order valence-corrected chi connectivity index (χ4v) is 3.48. The molecule has 16 heavy (non-hydrogen) atoms. The minimum absolute atomic E-state index is 0.188. The van der Waals surface area contributed by atoms with Crippen LogP contribution in [0.5, 0.6) is 0 Å². The predicted molar refractivity (Wildman–Crippen MR) is 60.1 cm³/mol. The van der Waals surface area contributed by atoms with Gasteiger partial charge in [-0.1, -0.05) is 12.1 Å². The first-order chi connectivity index (χ1) is 7.43. The zero-order valence-electron chi connectivity index (χ0n) is 9.07. The average Bonchev–Trinajstić information content (AvgIpc) is 2.38. The second-order valence-corrected chi connectivity index (χ2v) is 5.95. The molecule has 0 saturated heterocycles. The van der Waals surface area contributed by atoms with Gasteiger partial charge in [0.2, 0.25) is 9.84 Å². The number of sulfone groups is 1. The normalized spacial score (nSPS) is 17.4. The lowest BCUT2D eigenvalue weighted by atomic mass is 10.2. The van der Waals surface area contributed by atoms with E-state index < -0.39 is 15.7 Å². The first-order valence-corrected chi connectivity index (χ1v) is 6.30. The molecule has 2 rings (SSSR count). The molecule has 0 amide bonds. The molecule has 0 radical (unpaired) electrons. The molecule has 1 aromatic rings. The highest BCUT2D eigenvalue weighted by Gasteiger charge is 2.32. The van der Waals surface area contributed by atoms with E-state index in [0.29, 0.717) is 5.56 Å². The SMILES string of the molecule is CN(C)CC1=Cc2cccc(F)c2S1(=O)=O. The van der Waals surface area contributed by atoms with Crippen molar-refractivity contribution in [2.75, 3.05) is 20.6 Å². The Bertz CT molecular complexity index is 561. The van der Waals surface area contributed by atoms with Crippen molar-refractivity contribution in [3.05, 3.63) is 34.5 Å². The number of rotatable bonds is 2. The number of fused-ring (bicyclic) bond motifs is 1. The second-order valence-electron chi connectivity index (χ2n) is 4.01. The molecule has 0 aliphatic carbocycles. The first-order valence-electron chi connectivity index (χ1n) is 4.82. The third-order valence-electron chi connectivity index (χ3n) is 2.40. The molecule has 1 heterocycles. The molecule has 1 aliphatic heterocycles. The molecular weight excluding hydrogens is 229 g/mol. The molecule has 5 heteroatoms. The van der Waals surface area contributed by atoms with Gasteiger partial charge in [0.1, 0.15) is 10.7 Å². The highest BCUT2D eigenvalue weighted by atomic mass is 32.2. The highest BCUT2D eigenvalue weighted by Crippen LogP contribution is 2.34. The van der Waals surface area contributed by atoms with E-state index in [1.165, 1.54) is 18.2 Å². The smallest absolute Gasteiger partial charge is 0.207 e. The van der Waals surface area contributed by atoms with Gasteiger partial charge in [0, 0.05) is 6.54 Å². The van der Waals surface area contributed by atoms with Crippen LogP contribution in [-0.2, 0) is 9.84 Å². The number of hydrogen-bond donors (Lipinski definition) is 0. The average molecular weight is 241 g/mol. The summed E-state index contributed by atoms with van der Waals surface area (Å²) in [4.78, 5) is 1.80. The minimum atomic E-state index is -3.63. The van der Waals surface area contributed by atoms with Gasteiger partial charge in [0.25, 0.3) is 0 Å². The van der Waals surface area contributed by atoms with Crippen LogP contribution in [0, 0.1) is 5.82 Å². The summed E-state index contributed by atoms with van der Waals surface area (Å²) < 4.78 is 37.5. The molecule has 1 aliphatic rings. The van der Waals surface area contributed by atoms with Gasteiger partial charge in [0.15, 0.2) is 0 Å². The quantitative estimate of drug-likeness (QED) is 0.787. The van der Waals surface area contributed by atoms with Gasteiger partial charge in [-0.2, -0.15) is 0 Å². The van der Waals surface area contributed by atoms with Crippen molar-refractivity contribution in [1.29, 1.82) is 0 Å². The zero-order chi connectivity index (χ0) is 11.9. The van der Waals surface area contributed by atoms with Gasteiger partial charge in [-0.25, -0.2) is 12.8 Å². The summed E-state index contributed by atoms with van der Waals surface area (Å²) in [5.74, 6) is -0.678. The van der Waals surface area contributed by atoms with Crippen LogP contribution in [0.3, 0.4) is 0 Å². The van der Waals surface area contributed by atoms with Crippen LogP contribution >= 0.6 is 0 Å². The Balaban J connectivity index is 2.56. The van der Waals surface area contributed by atoms with E-state index in [-0.39, 0.29) is 16.3 Å². The summed E-state index contributed by atoms with van der Waals surface area (Å²) in [5, 5.41) is 0. The van der Waals surface area contributed by atoms with E-state index in [1.807, 2.05) is 0 Å². The van der Waals surface area contributed by atoms with Crippen molar-refractivity contribution in [2.45, 2.75) is 4.90 Å². The first kappa shape index (κ1) is 11.3. The third kappa shape index (κ3) is 1.66. The Labute approximate surface area is 94.1 Å². The summed E-state index contributed by atoms with van der Waals surface area (Å²) in [5.41, 5.74) is 0.442. The van der Waals surface area contributed by atoms with Crippen LogP contribution in [-0.4, -0.2) is 34.0 Å². The van der Waals surface area contributed by atoms with Crippen LogP contribution in [0.15, 0.2) is 28.0 Å². The lowest BCUT2D eigenvalue weighted by Crippen LogP contribution is -2.18. The maximum Gasteiger partial charge on any atom is 0.207 e. The van der Waals surface area contributed by atoms with E-state index in [2.05, 4.69) is 0 Å². The monoisotopic (exact) mass is 241 g/mol. The van der Waals surface area contributed by atoms with E-state index in [1.54, 1.807) is 25.1 Å². The molecule has 3 nitrogen and oxygen atoms in total. The summed E-state index contributed by atoms with van der Waals surface area (Å²) in [6, 6.07) is 4.29. The van der Waals surface area contributed by atoms with Gasteiger partial charge >= 0.3 is 0 Å². The summed E-state index contributed by atoms with van der Waals surface area (Å²) in [6.45, 7) is 0.288. The number of halogens is 1. The molecule has 1 aromatic carbocycles. The number of benzene rings is 1. The molecule has 0 atom stereocenters. The van der Waals surface area contributed by atoms with E-state index in [0.717, 1.165) is 0 Å². The van der Waals surface area contributed by atoms with Crippen molar-refractivity contribution >= 4 is 15.9 Å². The topological polar surface area (TPSA) is 37.4 Å². The Morgan fingerprint density at radius 3 is 2.56 bits per heavy atom. The van der Waals surface area contributed by atoms with E-state index >= 15 is 0 Å². The summed E-state index contributed by atoms with van der Waals surface area (Å²) in [7, 11) is -0.0807. The fraction of sp³-hybridized carbons (Fsp3) is 0.273. The molecule has 86 valence electrons. The van der Waals surface area contributed by atoms with Gasteiger partial charge in [-0.15, -0.1) is 0 Å². The predicted octanol–water partition coefficient (Wildman–Crippen LogP) is 1.52. The third-order valence-corrected chi connectivity index (χ3v) is 4.31. The fourth-order valence-electron chi connectivity index (χ4n) is 1.75. The molecule has 0 N–H and O–H groups in total. The van der Waals surface area contributed by atoms with Gasteiger partial charge in [-0.05, 0) is 31.8 Å². The van der Waals surface area contributed by atoms with Crippen LogP contribution in [0.2, 0.25) is 0 Å². The van der Waals surface area contributed by atoms with Gasteiger partial charge < -0.3 is 4.90 Å². The van der Waals surface area contributed by atoms with Crippen LogP contribution < -0.4 is 0 Å². The molecular formula is C11H12FNO2S. The molecule has 0 spiro atoms. The molecule has 0 unspecified atom stereocenters.